The molecule has 0 aliphatic carbocycles. The van der Waals surface area contributed by atoms with Crippen LogP contribution in [0.5, 0.6) is 0 Å². The topological polar surface area (TPSA) is 87.7 Å². The average molecular weight is 262 g/mol. The maximum atomic E-state index is 12.3. The minimum atomic E-state index is -1.03. The molecule has 0 aromatic heterocycles. The molecule has 19 heavy (non-hydrogen) atoms. The van der Waals surface area contributed by atoms with Crippen LogP contribution in [0.1, 0.15) is 17.3 Å². The van der Waals surface area contributed by atoms with E-state index in [1.165, 1.54) is 6.07 Å². The third-order valence-corrected chi connectivity index (χ3v) is 3.84. The first kappa shape index (κ1) is 12.0. The molecule has 1 aromatic carbocycles. The zero-order valence-electron chi connectivity index (χ0n) is 10.4. The lowest BCUT2D eigenvalue weighted by Crippen LogP contribution is -2.44. The van der Waals surface area contributed by atoms with Crippen LogP contribution in [0.15, 0.2) is 18.2 Å². The largest absolute Gasteiger partial charge is 0.478 e. The fraction of sp³-hybridized carbons (Fsp3) is 0.385. The molecule has 6 nitrogen and oxygen atoms in total. The SMILES string of the molecule is CC12COCC1Nc1c(cccc1C(=O)O)NC2=O. The van der Waals surface area contributed by atoms with E-state index in [9.17, 15) is 14.7 Å². The molecule has 2 aliphatic rings. The Morgan fingerprint density at radius 2 is 2.32 bits per heavy atom. The van der Waals surface area contributed by atoms with E-state index in [-0.39, 0.29) is 17.5 Å². The number of rotatable bonds is 1. The molecule has 2 atom stereocenters. The summed E-state index contributed by atoms with van der Waals surface area (Å²) in [6.45, 7) is 2.53. The van der Waals surface area contributed by atoms with Gasteiger partial charge in [-0.3, -0.25) is 4.79 Å². The van der Waals surface area contributed by atoms with E-state index in [1.807, 2.05) is 6.92 Å². The standard InChI is InChI=1S/C13H14N2O4/c1-13-6-19-5-9(13)15-10-7(11(16)17)3-2-4-8(10)14-12(13)18/h2-4,9,15H,5-6H2,1H3,(H,14,18)(H,16,17). The van der Waals surface area contributed by atoms with E-state index in [1.54, 1.807) is 12.1 Å². The first-order chi connectivity index (χ1) is 9.02. The Bertz CT molecular complexity index is 572. The Labute approximate surface area is 109 Å². The van der Waals surface area contributed by atoms with Gasteiger partial charge in [-0.25, -0.2) is 4.79 Å². The van der Waals surface area contributed by atoms with Crippen LogP contribution in [0.25, 0.3) is 0 Å². The van der Waals surface area contributed by atoms with Crippen molar-refractivity contribution in [2.75, 3.05) is 23.8 Å². The monoisotopic (exact) mass is 262 g/mol. The van der Waals surface area contributed by atoms with E-state index < -0.39 is 11.4 Å². The Morgan fingerprint density at radius 3 is 3.05 bits per heavy atom. The summed E-state index contributed by atoms with van der Waals surface area (Å²) >= 11 is 0. The van der Waals surface area contributed by atoms with Gasteiger partial charge in [-0.2, -0.15) is 0 Å². The third kappa shape index (κ3) is 1.67. The number of carbonyl (C=O) groups excluding carboxylic acids is 1. The number of amides is 1. The Hall–Kier alpha value is -2.08. The predicted octanol–water partition coefficient (Wildman–Crippen LogP) is 1.15. The number of hydrogen-bond acceptors (Lipinski definition) is 4. The van der Waals surface area contributed by atoms with Crippen LogP contribution in [0.4, 0.5) is 11.4 Å². The van der Waals surface area contributed by atoms with Crippen molar-refractivity contribution in [3.05, 3.63) is 23.8 Å². The molecule has 3 N–H and O–H groups in total. The van der Waals surface area contributed by atoms with Crippen LogP contribution in [-0.2, 0) is 9.53 Å². The Morgan fingerprint density at radius 1 is 1.53 bits per heavy atom. The summed E-state index contributed by atoms with van der Waals surface area (Å²) in [6, 6.07) is 4.59. The van der Waals surface area contributed by atoms with E-state index in [4.69, 9.17) is 4.74 Å². The number of anilines is 2. The molecule has 3 rings (SSSR count). The first-order valence-electron chi connectivity index (χ1n) is 6.04. The molecule has 0 saturated carbocycles. The number of aromatic carboxylic acids is 1. The number of nitrogens with one attached hydrogen (secondary N) is 2. The summed E-state index contributed by atoms with van der Waals surface area (Å²) in [5.74, 6) is -1.18. The zero-order valence-corrected chi connectivity index (χ0v) is 10.4. The lowest BCUT2D eigenvalue weighted by atomic mass is 9.84. The summed E-state index contributed by atoms with van der Waals surface area (Å²) in [5, 5.41) is 15.2. The van der Waals surface area contributed by atoms with Crippen LogP contribution in [0, 0.1) is 5.41 Å². The van der Waals surface area contributed by atoms with Gasteiger partial charge in [0.15, 0.2) is 0 Å². The lowest BCUT2D eigenvalue weighted by Gasteiger charge is -2.25. The molecule has 0 spiro atoms. The highest BCUT2D eigenvalue weighted by Gasteiger charge is 2.48. The second kappa shape index (κ2) is 3.96. The van der Waals surface area contributed by atoms with Gasteiger partial charge in [0.2, 0.25) is 5.91 Å². The molecule has 0 bridgehead atoms. The van der Waals surface area contributed by atoms with Gasteiger partial charge in [0.25, 0.3) is 0 Å². The van der Waals surface area contributed by atoms with Gasteiger partial charge in [-0.05, 0) is 19.1 Å². The van der Waals surface area contributed by atoms with E-state index in [2.05, 4.69) is 10.6 Å². The number of carbonyl (C=O) groups is 2. The second-order valence-corrected chi connectivity index (χ2v) is 5.12. The van der Waals surface area contributed by atoms with E-state index in [0.717, 1.165) is 0 Å². The molecule has 2 unspecified atom stereocenters. The molecule has 1 amide bonds. The molecular formula is C13H14N2O4. The smallest absolute Gasteiger partial charge is 0.337 e. The summed E-state index contributed by atoms with van der Waals surface area (Å²) in [6.07, 6.45) is 0. The van der Waals surface area contributed by atoms with E-state index in [0.29, 0.717) is 24.6 Å². The van der Waals surface area contributed by atoms with Crippen molar-refractivity contribution in [2.24, 2.45) is 5.41 Å². The second-order valence-electron chi connectivity index (χ2n) is 5.12. The zero-order chi connectivity index (χ0) is 13.6. The fourth-order valence-electron chi connectivity index (χ4n) is 2.53. The summed E-state index contributed by atoms with van der Waals surface area (Å²) in [4.78, 5) is 23.5. The minimum Gasteiger partial charge on any atom is -0.478 e. The normalized spacial score (nSPS) is 28.7. The first-order valence-corrected chi connectivity index (χ1v) is 6.04. The lowest BCUT2D eigenvalue weighted by molar-refractivity contribution is -0.124. The summed E-state index contributed by atoms with van der Waals surface area (Å²) in [7, 11) is 0. The van der Waals surface area contributed by atoms with Crippen molar-refractivity contribution >= 4 is 23.3 Å². The molecule has 1 saturated heterocycles. The highest BCUT2D eigenvalue weighted by molar-refractivity contribution is 6.05. The number of carboxylic acid groups (broad SMARTS) is 1. The van der Waals surface area contributed by atoms with Crippen LogP contribution in [0.2, 0.25) is 0 Å². The summed E-state index contributed by atoms with van der Waals surface area (Å²) in [5.41, 5.74) is 0.409. The van der Waals surface area contributed by atoms with Crippen molar-refractivity contribution in [2.45, 2.75) is 13.0 Å². The Balaban J connectivity index is 2.12. The van der Waals surface area contributed by atoms with Crippen molar-refractivity contribution in [3.8, 4) is 0 Å². The van der Waals surface area contributed by atoms with Crippen LogP contribution in [-0.4, -0.2) is 36.2 Å². The molecule has 1 fully saturated rings. The van der Waals surface area contributed by atoms with Gasteiger partial charge in [0, 0.05) is 0 Å². The van der Waals surface area contributed by atoms with Crippen LogP contribution in [0.3, 0.4) is 0 Å². The molecular weight excluding hydrogens is 248 g/mol. The fourth-order valence-corrected chi connectivity index (χ4v) is 2.53. The molecule has 100 valence electrons. The van der Waals surface area contributed by atoms with Gasteiger partial charge in [0.1, 0.15) is 0 Å². The number of ether oxygens (including phenoxy) is 1. The van der Waals surface area contributed by atoms with Gasteiger partial charge in [-0.15, -0.1) is 0 Å². The molecule has 0 radical (unpaired) electrons. The molecule has 6 heteroatoms. The van der Waals surface area contributed by atoms with Gasteiger partial charge in [0.05, 0.1) is 41.6 Å². The van der Waals surface area contributed by atoms with Gasteiger partial charge >= 0.3 is 5.97 Å². The van der Waals surface area contributed by atoms with Crippen molar-refractivity contribution in [3.63, 3.8) is 0 Å². The number of carboxylic acids is 1. The van der Waals surface area contributed by atoms with Crippen LogP contribution >= 0.6 is 0 Å². The summed E-state index contributed by atoms with van der Waals surface area (Å²) < 4.78 is 5.37. The van der Waals surface area contributed by atoms with Crippen molar-refractivity contribution < 1.29 is 19.4 Å². The number of hydrogen-bond donors (Lipinski definition) is 3. The number of benzene rings is 1. The number of para-hydroxylation sites is 1. The third-order valence-electron chi connectivity index (χ3n) is 3.84. The Kier molecular flexibility index (Phi) is 2.50. The van der Waals surface area contributed by atoms with E-state index >= 15 is 0 Å². The van der Waals surface area contributed by atoms with Crippen molar-refractivity contribution in [1.82, 2.24) is 0 Å². The highest BCUT2D eigenvalue weighted by Crippen LogP contribution is 2.39. The average Bonchev–Trinajstić information content (AvgIpc) is 2.69. The maximum absolute atomic E-state index is 12.3. The van der Waals surface area contributed by atoms with Gasteiger partial charge in [-0.1, -0.05) is 6.07 Å². The van der Waals surface area contributed by atoms with Crippen molar-refractivity contribution in [1.29, 1.82) is 0 Å². The minimum absolute atomic E-state index is 0.147. The molecule has 2 heterocycles. The molecule has 2 aliphatic heterocycles. The predicted molar refractivity (Wildman–Crippen MR) is 68.4 cm³/mol. The highest BCUT2D eigenvalue weighted by atomic mass is 16.5. The number of fused-ring (bicyclic) bond motifs is 2. The van der Waals surface area contributed by atoms with Gasteiger partial charge < -0.3 is 20.5 Å². The quantitative estimate of drug-likeness (QED) is 0.706. The van der Waals surface area contributed by atoms with Crippen LogP contribution < -0.4 is 10.6 Å². The molecule has 1 aromatic rings. The maximum Gasteiger partial charge on any atom is 0.337 e.